The van der Waals surface area contributed by atoms with Crippen molar-refractivity contribution in [3.63, 3.8) is 0 Å². The summed E-state index contributed by atoms with van der Waals surface area (Å²) in [5.74, 6) is 1.04. The summed E-state index contributed by atoms with van der Waals surface area (Å²) in [6, 6.07) is 10.3. The number of hydrogen-bond acceptors (Lipinski definition) is 2. The van der Waals surface area contributed by atoms with Crippen LogP contribution in [-0.4, -0.2) is 11.2 Å². The Balaban J connectivity index is 2.17. The topological polar surface area (TPSA) is 29.5 Å². The largest absolute Gasteiger partial charge is 0.490 e. The molecular formula is C18H20O2. The summed E-state index contributed by atoms with van der Waals surface area (Å²) in [4.78, 5) is 0. The van der Waals surface area contributed by atoms with Crippen molar-refractivity contribution in [2.45, 2.75) is 39.9 Å². The molecule has 2 aromatic carbocycles. The van der Waals surface area contributed by atoms with E-state index in [-0.39, 0.29) is 12.7 Å². The van der Waals surface area contributed by atoms with Gasteiger partial charge < -0.3 is 9.84 Å². The van der Waals surface area contributed by atoms with Gasteiger partial charge in [-0.05, 0) is 60.7 Å². The summed E-state index contributed by atoms with van der Waals surface area (Å²) in [5.41, 5.74) is 7.26. The Bertz CT molecular complexity index is 659. The summed E-state index contributed by atoms with van der Waals surface area (Å²) >= 11 is 0. The maximum atomic E-state index is 9.32. The highest BCUT2D eigenvalue weighted by atomic mass is 16.5. The normalized spacial score (nSPS) is 16.9. The van der Waals surface area contributed by atoms with Gasteiger partial charge in [-0.3, -0.25) is 0 Å². The molecule has 1 heterocycles. The summed E-state index contributed by atoms with van der Waals surface area (Å²) in [6.45, 7) is 6.49. The maximum Gasteiger partial charge on any atom is 0.123 e. The third kappa shape index (κ3) is 2.10. The number of rotatable bonds is 2. The number of fused-ring (bicyclic) bond motifs is 1. The van der Waals surface area contributed by atoms with Gasteiger partial charge in [0.15, 0.2) is 0 Å². The van der Waals surface area contributed by atoms with E-state index < -0.39 is 0 Å². The van der Waals surface area contributed by atoms with Gasteiger partial charge in [0.25, 0.3) is 0 Å². The van der Waals surface area contributed by atoms with Gasteiger partial charge in [0.2, 0.25) is 0 Å². The Hall–Kier alpha value is -1.80. The van der Waals surface area contributed by atoms with Gasteiger partial charge in [-0.25, -0.2) is 0 Å². The van der Waals surface area contributed by atoms with Gasteiger partial charge in [0.1, 0.15) is 11.9 Å². The summed E-state index contributed by atoms with van der Waals surface area (Å²) in [5, 5.41) is 9.32. The highest BCUT2D eigenvalue weighted by molar-refractivity contribution is 5.74. The van der Waals surface area contributed by atoms with Crippen molar-refractivity contribution in [2.24, 2.45) is 0 Å². The number of aryl methyl sites for hydroxylation is 1. The van der Waals surface area contributed by atoms with E-state index in [9.17, 15) is 5.11 Å². The maximum absolute atomic E-state index is 9.32. The van der Waals surface area contributed by atoms with Crippen LogP contribution >= 0.6 is 0 Å². The molecule has 20 heavy (non-hydrogen) atoms. The van der Waals surface area contributed by atoms with Crippen molar-refractivity contribution < 1.29 is 9.84 Å². The minimum absolute atomic E-state index is 0.0804. The number of aliphatic hydroxyl groups excluding tert-OH is 1. The predicted octanol–water partition coefficient (Wildman–Crippen LogP) is 3.79. The van der Waals surface area contributed by atoms with E-state index in [1.165, 1.54) is 27.8 Å². The molecule has 1 aliphatic heterocycles. The molecule has 0 bridgehead atoms. The molecule has 0 aliphatic carbocycles. The first-order chi connectivity index (χ1) is 9.60. The predicted molar refractivity (Wildman–Crippen MR) is 81.1 cm³/mol. The van der Waals surface area contributed by atoms with Crippen LogP contribution in [0.3, 0.4) is 0 Å². The molecule has 1 atom stereocenters. The molecule has 0 saturated carbocycles. The average molecular weight is 268 g/mol. The molecule has 0 spiro atoms. The van der Waals surface area contributed by atoms with Crippen molar-refractivity contribution in [2.75, 3.05) is 0 Å². The number of aliphatic hydroxyl groups is 1. The minimum atomic E-state index is 0.0804. The van der Waals surface area contributed by atoms with Crippen molar-refractivity contribution in [3.8, 4) is 16.9 Å². The zero-order valence-corrected chi connectivity index (χ0v) is 12.2. The zero-order chi connectivity index (χ0) is 14.3. The molecule has 2 aromatic rings. The molecule has 0 radical (unpaired) electrons. The van der Waals surface area contributed by atoms with Gasteiger partial charge in [0.05, 0.1) is 6.61 Å². The SMILES string of the molecule is Cc1cc2c(c(C)c1-c1cccc(CO)c1)CC(C)O2. The molecule has 1 aliphatic rings. The second-order valence-electron chi connectivity index (χ2n) is 5.66. The van der Waals surface area contributed by atoms with Gasteiger partial charge >= 0.3 is 0 Å². The first kappa shape index (κ1) is 13.2. The Morgan fingerprint density at radius 1 is 1.25 bits per heavy atom. The third-order valence-electron chi connectivity index (χ3n) is 4.08. The van der Waals surface area contributed by atoms with Crippen LogP contribution in [0.2, 0.25) is 0 Å². The van der Waals surface area contributed by atoms with Crippen LogP contribution < -0.4 is 4.74 Å². The second-order valence-corrected chi connectivity index (χ2v) is 5.66. The quantitative estimate of drug-likeness (QED) is 0.898. The smallest absolute Gasteiger partial charge is 0.123 e. The molecule has 0 aromatic heterocycles. The van der Waals surface area contributed by atoms with Gasteiger partial charge in [-0.1, -0.05) is 18.2 Å². The second kappa shape index (κ2) is 4.95. The number of hydrogen-bond donors (Lipinski definition) is 1. The molecule has 1 N–H and O–H groups in total. The van der Waals surface area contributed by atoms with Gasteiger partial charge in [0, 0.05) is 12.0 Å². The van der Waals surface area contributed by atoms with Crippen molar-refractivity contribution in [3.05, 3.63) is 52.6 Å². The summed E-state index contributed by atoms with van der Waals surface area (Å²) < 4.78 is 5.86. The molecule has 0 saturated heterocycles. The highest BCUT2D eigenvalue weighted by Crippen LogP contribution is 2.39. The van der Waals surface area contributed by atoms with Gasteiger partial charge in [-0.15, -0.1) is 0 Å². The van der Waals surface area contributed by atoms with Crippen LogP contribution in [0.5, 0.6) is 5.75 Å². The van der Waals surface area contributed by atoms with Crippen LogP contribution in [0, 0.1) is 13.8 Å². The van der Waals surface area contributed by atoms with Crippen LogP contribution in [-0.2, 0) is 13.0 Å². The molecule has 1 unspecified atom stereocenters. The van der Waals surface area contributed by atoms with E-state index >= 15 is 0 Å². The minimum Gasteiger partial charge on any atom is -0.490 e. The van der Waals surface area contributed by atoms with Crippen LogP contribution in [0.1, 0.15) is 29.2 Å². The Kier molecular flexibility index (Phi) is 3.27. The molecule has 0 fully saturated rings. The average Bonchev–Trinajstić information content (AvgIpc) is 2.80. The van der Waals surface area contributed by atoms with E-state index in [2.05, 4.69) is 39.0 Å². The summed E-state index contributed by atoms with van der Waals surface area (Å²) in [6.07, 6.45) is 1.25. The van der Waals surface area contributed by atoms with E-state index in [0.29, 0.717) is 0 Å². The zero-order valence-electron chi connectivity index (χ0n) is 12.2. The lowest BCUT2D eigenvalue weighted by Crippen LogP contribution is -2.05. The lowest BCUT2D eigenvalue weighted by molar-refractivity contribution is 0.254. The lowest BCUT2D eigenvalue weighted by Gasteiger charge is -2.14. The van der Waals surface area contributed by atoms with E-state index in [1.807, 2.05) is 12.1 Å². The van der Waals surface area contributed by atoms with Crippen molar-refractivity contribution in [1.82, 2.24) is 0 Å². The van der Waals surface area contributed by atoms with E-state index in [0.717, 1.165) is 17.7 Å². The van der Waals surface area contributed by atoms with Crippen LogP contribution in [0.4, 0.5) is 0 Å². The fourth-order valence-corrected chi connectivity index (χ4v) is 3.16. The first-order valence-corrected chi connectivity index (χ1v) is 7.10. The fourth-order valence-electron chi connectivity index (χ4n) is 3.16. The number of ether oxygens (including phenoxy) is 1. The standard InChI is InChI=1S/C18H20O2/c1-11-7-17-16(8-12(2)20-17)13(3)18(11)15-6-4-5-14(9-15)10-19/h4-7,9,12,19H,8,10H2,1-3H3. The van der Waals surface area contributed by atoms with E-state index in [1.54, 1.807) is 0 Å². The van der Waals surface area contributed by atoms with Crippen molar-refractivity contribution >= 4 is 0 Å². The molecule has 0 amide bonds. The van der Waals surface area contributed by atoms with Crippen LogP contribution in [0.25, 0.3) is 11.1 Å². The Morgan fingerprint density at radius 2 is 2.05 bits per heavy atom. The lowest BCUT2D eigenvalue weighted by atomic mass is 9.90. The summed E-state index contributed by atoms with van der Waals surface area (Å²) in [7, 11) is 0. The molecule has 2 heteroatoms. The fraction of sp³-hybridized carbons (Fsp3) is 0.333. The van der Waals surface area contributed by atoms with Crippen molar-refractivity contribution in [1.29, 1.82) is 0 Å². The van der Waals surface area contributed by atoms with E-state index in [4.69, 9.17) is 4.74 Å². The molecule has 2 nitrogen and oxygen atoms in total. The monoisotopic (exact) mass is 268 g/mol. The Labute approximate surface area is 120 Å². The molecule has 104 valence electrons. The highest BCUT2D eigenvalue weighted by Gasteiger charge is 2.24. The number of benzene rings is 2. The Morgan fingerprint density at radius 3 is 2.80 bits per heavy atom. The first-order valence-electron chi connectivity index (χ1n) is 7.10. The molecular weight excluding hydrogens is 248 g/mol. The molecule has 3 rings (SSSR count). The van der Waals surface area contributed by atoms with Gasteiger partial charge in [-0.2, -0.15) is 0 Å². The third-order valence-corrected chi connectivity index (χ3v) is 4.08. The van der Waals surface area contributed by atoms with Crippen LogP contribution in [0.15, 0.2) is 30.3 Å².